The van der Waals surface area contributed by atoms with Crippen molar-refractivity contribution in [3.05, 3.63) is 97.1 Å². The number of benzene rings is 2. The predicted molar refractivity (Wildman–Crippen MR) is 255 cm³/mol. The summed E-state index contributed by atoms with van der Waals surface area (Å²) < 4.78 is 82.7. The molecule has 29 heteroatoms. The second-order valence-corrected chi connectivity index (χ2v) is 19.6. The van der Waals surface area contributed by atoms with Gasteiger partial charge in [0, 0.05) is 24.2 Å². The average molecular weight is 1060 g/mol. The molecule has 8 heterocycles. The first-order chi connectivity index (χ1) is 35.8. The van der Waals surface area contributed by atoms with Gasteiger partial charge in [-0.1, -0.05) is 48.2 Å². The number of ether oxygens (including phenoxy) is 6. The molecule has 4 aromatic heterocycles. The van der Waals surface area contributed by atoms with Gasteiger partial charge < -0.3 is 53.4 Å². The van der Waals surface area contributed by atoms with E-state index < -0.39 is 102 Å². The fourth-order valence-electron chi connectivity index (χ4n) is 8.45. The maximum atomic E-state index is 13.5. The van der Waals surface area contributed by atoms with Crippen LogP contribution in [0, 0.1) is 23.7 Å². The molecule has 4 fully saturated rings. The summed E-state index contributed by atoms with van der Waals surface area (Å²) in [6.07, 6.45) is -4.64. The first-order valence-corrected chi connectivity index (χ1v) is 26.0. The molecule has 10 rings (SSSR count). The lowest BCUT2D eigenvalue weighted by Gasteiger charge is -2.22. The van der Waals surface area contributed by atoms with E-state index in [0.29, 0.717) is 35.4 Å². The minimum Gasteiger partial charge on any atom is -0.365 e. The van der Waals surface area contributed by atoms with Gasteiger partial charge in [-0.15, -0.1) is 0 Å². The number of nitrogens with one attached hydrogen (secondary N) is 4. The van der Waals surface area contributed by atoms with Crippen LogP contribution in [0.4, 0.5) is 21.2 Å². The fraction of sp³-hybridized carbons (Fsp3) is 0.378. The van der Waals surface area contributed by atoms with Crippen molar-refractivity contribution in [2.45, 2.75) is 81.9 Å². The molecule has 6 aromatic rings. The molecule has 27 nitrogen and oxygen atoms in total. The van der Waals surface area contributed by atoms with Gasteiger partial charge in [0.25, 0.3) is 0 Å². The van der Waals surface area contributed by atoms with E-state index >= 15 is 0 Å². The number of carbonyl (C=O) groups excluding carboxylic acids is 2. The lowest BCUT2D eigenvalue weighted by atomic mass is 10.1. The standard InChI is InChI=1S/C45H46N12O15P2/c1-3-46-44(58)54-39-33-41(50-22-48-39)56(24-52-33)19-28-35-36(69-31(68-35)17-15-26-11-7-5-8-12-26)29(66-28)20-64-73(60,61)72-74(62,63)65-21-30-37-38(71-32(70-37)18-16-27-13-9-6-10-14-27)43(67-30)57-25-53-34-40(49-23-51-42(34)57)55-45(59)47-4-2/h5-14,22-25,28-32,35-38,43H,3-4,19-21H2,1-2H3,(H,60,61)(H,62,63)(H2,46,48,50,54,58)(H2,47,49,51,55,59)/t28-,29+,30-,31?,32?,35-,36+,37-,38-,43-/m1/s1. The zero-order valence-corrected chi connectivity index (χ0v) is 40.9. The lowest BCUT2D eigenvalue weighted by Crippen LogP contribution is -2.33. The van der Waals surface area contributed by atoms with E-state index in [2.05, 4.69) is 74.9 Å². The first-order valence-electron chi connectivity index (χ1n) is 23.0. The van der Waals surface area contributed by atoms with Gasteiger partial charge in [0.15, 0.2) is 40.2 Å². The molecule has 74 heavy (non-hydrogen) atoms. The predicted octanol–water partition coefficient (Wildman–Crippen LogP) is 3.19. The number of rotatable bonds is 15. The minimum absolute atomic E-state index is 0.0583. The minimum atomic E-state index is -5.43. The summed E-state index contributed by atoms with van der Waals surface area (Å²) in [4.78, 5) is 72.2. The Bertz CT molecular complexity index is 3240. The Hall–Kier alpha value is -6.78. The van der Waals surface area contributed by atoms with Crippen molar-refractivity contribution in [1.82, 2.24) is 49.7 Å². The van der Waals surface area contributed by atoms with Gasteiger partial charge in [0.05, 0.1) is 32.4 Å². The monoisotopic (exact) mass is 1060 g/mol. The molecule has 0 spiro atoms. The summed E-state index contributed by atoms with van der Waals surface area (Å²) in [6.45, 7) is 2.90. The average Bonchev–Trinajstić information content (AvgIpc) is 4.25. The van der Waals surface area contributed by atoms with Crippen molar-refractivity contribution in [2.24, 2.45) is 0 Å². The Balaban J connectivity index is 0.821. The summed E-state index contributed by atoms with van der Waals surface area (Å²) in [5.41, 5.74) is 2.47. The van der Waals surface area contributed by atoms with Gasteiger partial charge in [0.1, 0.15) is 55.4 Å². The molecule has 0 saturated carbocycles. The highest BCUT2D eigenvalue weighted by Crippen LogP contribution is 2.61. The van der Waals surface area contributed by atoms with E-state index in [4.69, 9.17) is 41.8 Å². The maximum absolute atomic E-state index is 13.5. The Morgan fingerprint density at radius 1 is 0.622 bits per heavy atom. The summed E-state index contributed by atoms with van der Waals surface area (Å²) in [5.74, 6) is 12.1. The maximum Gasteiger partial charge on any atom is 0.481 e. The van der Waals surface area contributed by atoms with Crippen LogP contribution in [-0.4, -0.2) is 142 Å². The second-order valence-electron chi connectivity index (χ2n) is 16.5. The Kier molecular flexibility index (Phi) is 15.1. The molecule has 0 aliphatic carbocycles. The Labute approximate surface area is 420 Å². The number of aromatic nitrogens is 8. The third-order valence-electron chi connectivity index (χ3n) is 11.6. The highest BCUT2D eigenvalue weighted by Gasteiger charge is 2.56. The molecule has 12 atom stereocenters. The van der Waals surface area contributed by atoms with Crippen LogP contribution in [0.5, 0.6) is 0 Å². The third-order valence-corrected chi connectivity index (χ3v) is 14.2. The lowest BCUT2D eigenvalue weighted by molar-refractivity contribution is -0.129. The largest absolute Gasteiger partial charge is 0.481 e. The van der Waals surface area contributed by atoms with Crippen molar-refractivity contribution in [2.75, 3.05) is 36.9 Å². The number of phosphoric acid groups is 2. The summed E-state index contributed by atoms with van der Waals surface area (Å²) in [5, 5.41) is 10.5. The van der Waals surface area contributed by atoms with Crippen molar-refractivity contribution >= 4 is 61.7 Å². The van der Waals surface area contributed by atoms with Crippen LogP contribution in [0.15, 0.2) is 86.0 Å². The fourth-order valence-corrected chi connectivity index (χ4v) is 10.5. The van der Waals surface area contributed by atoms with Gasteiger partial charge in [-0.25, -0.2) is 48.6 Å². The van der Waals surface area contributed by atoms with E-state index in [1.165, 1.54) is 29.9 Å². The van der Waals surface area contributed by atoms with Crippen molar-refractivity contribution in [3.63, 3.8) is 0 Å². The number of amides is 4. The van der Waals surface area contributed by atoms with Gasteiger partial charge in [-0.2, -0.15) is 4.31 Å². The smallest absolute Gasteiger partial charge is 0.365 e. The van der Waals surface area contributed by atoms with E-state index in [1.807, 2.05) is 48.5 Å². The number of phosphoric ester groups is 2. The third kappa shape index (κ3) is 11.5. The summed E-state index contributed by atoms with van der Waals surface area (Å²) in [6, 6.07) is 17.2. The van der Waals surface area contributed by atoms with Crippen molar-refractivity contribution in [1.29, 1.82) is 0 Å². The van der Waals surface area contributed by atoms with Crippen molar-refractivity contribution in [3.8, 4) is 23.7 Å². The molecule has 386 valence electrons. The molecule has 4 aliphatic rings. The van der Waals surface area contributed by atoms with Gasteiger partial charge in [-0.05, 0) is 50.0 Å². The van der Waals surface area contributed by atoms with E-state index in [0.717, 1.165) is 0 Å². The van der Waals surface area contributed by atoms with Crippen LogP contribution in [0.1, 0.15) is 31.2 Å². The van der Waals surface area contributed by atoms with Gasteiger partial charge in [0.2, 0.25) is 12.6 Å². The molecule has 0 bridgehead atoms. The molecule has 4 saturated heterocycles. The number of nitrogens with zero attached hydrogens (tertiary/aromatic N) is 8. The van der Waals surface area contributed by atoms with Gasteiger partial charge in [-0.3, -0.25) is 24.2 Å². The molecular weight excluding hydrogens is 1010 g/mol. The van der Waals surface area contributed by atoms with Crippen molar-refractivity contribution < 1.29 is 70.3 Å². The SMILES string of the molecule is CCNC(=O)Nc1ncnc2c1ncn2C[C@H]1O[C@@H](COP(=O)(O)OP(=O)(O)OC[C@H]2O[C@@H](n3cnc4c(NC(=O)NCC)ncnc43)[C@@H]3OC(C#Cc4ccccc4)O[C@@H]32)[C@@H]2OC(C#Cc3ccccc3)O[C@@H]21. The van der Waals surface area contributed by atoms with Crippen LogP contribution in [0.2, 0.25) is 0 Å². The van der Waals surface area contributed by atoms with Crippen LogP contribution >= 0.6 is 15.6 Å². The normalized spacial score (nSPS) is 26.4. The number of carbonyl (C=O) groups is 2. The van der Waals surface area contributed by atoms with Crippen LogP contribution in [0.3, 0.4) is 0 Å². The van der Waals surface area contributed by atoms with Crippen LogP contribution in [0.25, 0.3) is 22.3 Å². The van der Waals surface area contributed by atoms with E-state index in [-0.39, 0.29) is 29.3 Å². The number of imidazole rings is 2. The first kappa shape index (κ1) is 50.7. The van der Waals surface area contributed by atoms with Crippen LogP contribution in [-0.2, 0) is 57.5 Å². The zero-order chi connectivity index (χ0) is 51.4. The topological polar surface area (TPSA) is 327 Å². The molecule has 4 amide bonds. The molecule has 4 unspecified atom stereocenters. The summed E-state index contributed by atoms with van der Waals surface area (Å²) >= 11 is 0. The molecule has 6 N–H and O–H groups in total. The highest BCUT2D eigenvalue weighted by molar-refractivity contribution is 7.61. The van der Waals surface area contributed by atoms with E-state index in [1.54, 1.807) is 30.5 Å². The van der Waals surface area contributed by atoms with E-state index in [9.17, 15) is 28.5 Å². The molecular formula is C45H46N12O15P2. The van der Waals surface area contributed by atoms with Gasteiger partial charge >= 0.3 is 27.7 Å². The Morgan fingerprint density at radius 3 is 1.68 bits per heavy atom. The molecule has 2 aromatic carbocycles. The zero-order valence-electron chi connectivity index (χ0n) is 39.1. The molecule has 0 radical (unpaired) electrons. The quantitative estimate of drug-likeness (QED) is 0.0635. The number of hydrogen-bond donors (Lipinski definition) is 6. The molecule has 4 aliphatic heterocycles. The highest BCUT2D eigenvalue weighted by atomic mass is 31.3. The number of fused-ring (bicyclic) bond motifs is 4. The van der Waals surface area contributed by atoms with Crippen LogP contribution < -0.4 is 21.3 Å². The summed E-state index contributed by atoms with van der Waals surface area (Å²) in [7, 11) is -10.9. The number of hydrogen-bond acceptors (Lipinski definition) is 19. The number of urea groups is 2. The number of anilines is 2. The Morgan fingerprint density at radius 2 is 1.11 bits per heavy atom. The second kappa shape index (κ2) is 22.0.